The smallest absolute Gasteiger partial charge is 0.311 e. The zero-order valence-corrected chi connectivity index (χ0v) is 11.6. The highest BCUT2D eigenvalue weighted by Gasteiger charge is 2.17. The van der Waals surface area contributed by atoms with Crippen molar-refractivity contribution in [2.75, 3.05) is 0 Å². The van der Waals surface area contributed by atoms with Gasteiger partial charge >= 0.3 is 5.69 Å². The molecule has 1 aromatic rings. The maximum atomic E-state index is 11.1. The van der Waals surface area contributed by atoms with Crippen molar-refractivity contribution in [3.63, 3.8) is 0 Å². The normalized spacial score (nSPS) is 12.2. The van der Waals surface area contributed by atoms with Gasteiger partial charge < -0.3 is 10.1 Å². The average molecular weight is 264 g/mol. The third kappa shape index (κ3) is 4.71. The van der Waals surface area contributed by atoms with Crippen LogP contribution in [0.1, 0.15) is 26.3 Å². The van der Waals surface area contributed by atoms with Crippen LogP contribution in [0.15, 0.2) is 30.9 Å². The Labute approximate surface area is 113 Å². The summed E-state index contributed by atoms with van der Waals surface area (Å²) in [6, 6.07) is 5.33. The van der Waals surface area contributed by atoms with Crippen LogP contribution in [0.3, 0.4) is 0 Å². The van der Waals surface area contributed by atoms with E-state index in [2.05, 4.69) is 11.9 Å². The van der Waals surface area contributed by atoms with Crippen molar-refractivity contribution in [1.29, 1.82) is 0 Å². The molecule has 0 fully saturated rings. The van der Waals surface area contributed by atoms with E-state index in [-0.39, 0.29) is 17.5 Å². The molecule has 0 aliphatic heterocycles. The fourth-order valence-corrected chi connectivity index (χ4v) is 1.49. The average Bonchev–Trinajstić information content (AvgIpc) is 2.36. The molecule has 104 valence electrons. The van der Waals surface area contributed by atoms with Crippen molar-refractivity contribution in [1.82, 2.24) is 5.32 Å². The summed E-state index contributed by atoms with van der Waals surface area (Å²) in [5.41, 5.74) is 0.843. The predicted octanol–water partition coefficient (Wildman–Crippen LogP) is 3.05. The Morgan fingerprint density at radius 3 is 2.68 bits per heavy atom. The Bertz CT molecular complexity index is 458. The van der Waals surface area contributed by atoms with Gasteiger partial charge in [-0.15, -0.1) is 0 Å². The Kier molecular flexibility index (Phi) is 5.51. The van der Waals surface area contributed by atoms with Crippen molar-refractivity contribution in [2.45, 2.75) is 39.5 Å². The van der Waals surface area contributed by atoms with E-state index in [1.54, 1.807) is 25.1 Å². The zero-order valence-electron chi connectivity index (χ0n) is 11.6. The molecule has 0 spiro atoms. The summed E-state index contributed by atoms with van der Waals surface area (Å²) in [7, 11) is 0. The van der Waals surface area contributed by atoms with Gasteiger partial charge in [0.2, 0.25) is 0 Å². The maximum absolute atomic E-state index is 11.1. The first kappa shape index (κ1) is 15.2. The van der Waals surface area contributed by atoms with E-state index in [0.29, 0.717) is 12.6 Å². The van der Waals surface area contributed by atoms with Crippen LogP contribution in [0.4, 0.5) is 5.69 Å². The van der Waals surface area contributed by atoms with Crippen molar-refractivity contribution in [2.24, 2.45) is 0 Å². The monoisotopic (exact) mass is 264 g/mol. The summed E-state index contributed by atoms with van der Waals surface area (Å²) in [6.45, 7) is 10.0. The van der Waals surface area contributed by atoms with E-state index in [9.17, 15) is 10.1 Å². The fraction of sp³-hybridized carbons (Fsp3) is 0.429. The standard InChI is InChI=1S/C14H20N2O3/c1-5-11(4)19-14-7-6-12(9-15-10(2)3)8-13(14)16(17)18/h5-8,10-11,15H,1,9H2,2-4H3. The molecule has 1 rings (SSSR count). The van der Waals surface area contributed by atoms with Gasteiger partial charge in [-0.25, -0.2) is 0 Å². The lowest BCUT2D eigenvalue weighted by Gasteiger charge is -2.12. The van der Waals surface area contributed by atoms with Gasteiger partial charge in [-0.2, -0.15) is 0 Å². The lowest BCUT2D eigenvalue weighted by Crippen LogP contribution is -2.21. The van der Waals surface area contributed by atoms with E-state index in [1.807, 2.05) is 19.9 Å². The number of hydrogen-bond acceptors (Lipinski definition) is 4. The first-order valence-electron chi connectivity index (χ1n) is 6.24. The summed E-state index contributed by atoms with van der Waals surface area (Å²) in [6.07, 6.45) is 1.33. The number of ether oxygens (including phenoxy) is 1. The fourth-order valence-electron chi connectivity index (χ4n) is 1.49. The molecule has 5 nitrogen and oxygen atoms in total. The molecule has 19 heavy (non-hydrogen) atoms. The number of nitrogens with one attached hydrogen (secondary N) is 1. The summed E-state index contributed by atoms with van der Waals surface area (Å²) in [5, 5.41) is 14.3. The molecular weight excluding hydrogens is 244 g/mol. The second-order valence-corrected chi connectivity index (χ2v) is 4.65. The minimum absolute atomic E-state index is 0.0169. The van der Waals surface area contributed by atoms with Gasteiger partial charge in [-0.1, -0.05) is 32.6 Å². The molecule has 0 aromatic heterocycles. The Hall–Kier alpha value is -1.88. The first-order chi connectivity index (χ1) is 8.93. The molecule has 0 saturated heterocycles. The Morgan fingerprint density at radius 2 is 2.16 bits per heavy atom. The van der Waals surface area contributed by atoms with Crippen LogP contribution in [-0.2, 0) is 6.54 Å². The number of benzene rings is 1. The van der Waals surface area contributed by atoms with Crippen LogP contribution in [0.25, 0.3) is 0 Å². The molecule has 1 atom stereocenters. The summed E-state index contributed by atoms with van der Waals surface area (Å²) < 4.78 is 5.46. The molecule has 0 aliphatic carbocycles. The van der Waals surface area contributed by atoms with Crippen molar-refractivity contribution in [3.8, 4) is 5.75 Å². The molecule has 0 saturated carbocycles. The SMILES string of the molecule is C=CC(C)Oc1ccc(CNC(C)C)cc1[N+](=O)[O-]. The molecule has 0 radical (unpaired) electrons. The van der Waals surface area contributed by atoms with Crippen molar-refractivity contribution in [3.05, 3.63) is 46.5 Å². The molecule has 5 heteroatoms. The van der Waals surface area contributed by atoms with Crippen LogP contribution in [0, 0.1) is 10.1 Å². The van der Waals surface area contributed by atoms with Crippen LogP contribution >= 0.6 is 0 Å². The van der Waals surface area contributed by atoms with Crippen LogP contribution < -0.4 is 10.1 Å². The Morgan fingerprint density at radius 1 is 1.47 bits per heavy atom. The molecule has 0 heterocycles. The van der Waals surface area contributed by atoms with Gasteiger partial charge in [0.05, 0.1) is 4.92 Å². The molecule has 1 aromatic carbocycles. The second kappa shape index (κ2) is 6.89. The minimum Gasteiger partial charge on any atom is -0.480 e. The molecular formula is C14H20N2O3. The van der Waals surface area contributed by atoms with Gasteiger partial charge in [-0.05, 0) is 18.6 Å². The molecule has 0 amide bonds. The lowest BCUT2D eigenvalue weighted by molar-refractivity contribution is -0.386. The van der Waals surface area contributed by atoms with Gasteiger partial charge in [0.25, 0.3) is 0 Å². The molecule has 1 unspecified atom stereocenters. The van der Waals surface area contributed by atoms with Crippen molar-refractivity contribution < 1.29 is 9.66 Å². The van der Waals surface area contributed by atoms with E-state index in [1.165, 1.54) is 0 Å². The summed E-state index contributed by atoms with van der Waals surface area (Å²) in [4.78, 5) is 10.6. The number of hydrogen-bond donors (Lipinski definition) is 1. The third-order valence-electron chi connectivity index (χ3n) is 2.58. The largest absolute Gasteiger partial charge is 0.480 e. The van der Waals surface area contributed by atoms with Crippen LogP contribution in [-0.4, -0.2) is 17.1 Å². The van der Waals surface area contributed by atoms with Crippen LogP contribution in [0.5, 0.6) is 5.75 Å². The molecule has 0 aliphatic rings. The highest BCUT2D eigenvalue weighted by Crippen LogP contribution is 2.29. The second-order valence-electron chi connectivity index (χ2n) is 4.65. The number of nitrogens with zero attached hydrogens (tertiary/aromatic N) is 1. The predicted molar refractivity (Wildman–Crippen MR) is 75.4 cm³/mol. The van der Waals surface area contributed by atoms with Gasteiger partial charge in [0, 0.05) is 18.7 Å². The summed E-state index contributed by atoms with van der Waals surface area (Å²) >= 11 is 0. The quantitative estimate of drug-likeness (QED) is 0.467. The van der Waals surface area contributed by atoms with E-state index < -0.39 is 4.92 Å². The van der Waals surface area contributed by atoms with E-state index in [4.69, 9.17) is 4.74 Å². The maximum Gasteiger partial charge on any atom is 0.311 e. The van der Waals surface area contributed by atoms with Crippen LogP contribution in [0.2, 0.25) is 0 Å². The summed E-state index contributed by atoms with van der Waals surface area (Å²) in [5.74, 6) is 0.269. The molecule has 0 bridgehead atoms. The number of nitro groups is 1. The minimum atomic E-state index is -0.427. The van der Waals surface area contributed by atoms with E-state index >= 15 is 0 Å². The Balaban J connectivity index is 2.94. The highest BCUT2D eigenvalue weighted by molar-refractivity contribution is 5.49. The zero-order chi connectivity index (χ0) is 14.4. The first-order valence-corrected chi connectivity index (χ1v) is 6.24. The highest BCUT2D eigenvalue weighted by atomic mass is 16.6. The topological polar surface area (TPSA) is 64.4 Å². The number of rotatable bonds is 7. The van der Waals surface area contributed by atoms with Gasteiger partial charge in [0.15, 0.2) is 5.75 Å². The van der Waals surface area contributed by atoms with Gasteiger partial charge in [-0.3, -0.25) is 10.1 Å². The number of nitro benzene ring substituents is 1. The van der Waals surface area contributed by atoms with Crippen molar-refractivity contribution >= 4 is 5.69 Å². The third-order valence-corrected chi connectivity index (χ3v) is 2.58. The van der Waals surface area contributed by atoms with E-state index in [0.717, 1.165) is 5.56 Å². The molecule has 1 N–H and O–H groups in total. The lowest BCUT2D eigenvalue weighted by atomic mass is 10.1. The van der Waals surface area contributed by atoms with Gasteiger partial charge in [0.1, 0.15) is 6.10 Å².